The Morgan fingerprint density at radius 1 is 1.08 bits per heavy atom. The van der Waals surface area contributed by atoms with E-state index in [1.807, 2.05) is 19.1 Å². The van der Waals surface area contributed by atoms with E-state index < -0.39 is 22.2 Å². The molecule has 1 fully saturated rings. The van der Waals surface area contributed by atoms with Gasteiger partial charge in [-0.1, -0.05) is 25.1 Å². The third kappa shape index (κ3) is 5.72. The number of aliphatic hydroxyl groups excluding tert-OH is 1. The van der Waals surface area contributed by atoms with Crippen molar-refractivity contribution in [3.63, 3.8) is 0 Å². The Hall–Kier alpha value is -2.95. The van der Waals surface area contributed by atoms with Gasteiger partial charge in [-0.25, -0.2) is 8.42 Å². The van der Waals surface area contributed by atoms with Crippen LogP contribution in [-0.4, -0.2) is 92.4 Å². The van der Waals surface area contributed by atoms with Crippen molar-refractivity contribution in [1.82, 2.24) is 14.1 Å². The summed E-state index contributed by atoms with van der Waals surface area (Å²) >= 11 is 0. The summed E-state index contributed by atoms with van der Waals surface area (Å²) in [6.07, 6.45) is 1.34. The van der Waals surface area contributed by atoms with Gasteiger partial charge in [0.2, 0.25) is 15.9 Å². The third-order valence-corrected chi connectivity index (χ3v) is 9.31. The maximum Gasteiger partial charge on any atom is 0.253 e. The van der Waals surface area contributed by atoms with E-state index in [2.05, 4.69) is 0 Å². The van der Waals surface area contributed by atoms with E-state index >= 15 is 0 Å². The van der Waals surface area contributed by atoms with Crippen molar-refractivity contribution in [3.05, 3.63) is 48.0 Å². The molecule has 2 aliphatic rings. The average Bonchev–Trinajstić information content (AvgIpc) is 3.74. The van der Waals surface area contributed by atoms with Gasteiger partial charge in [-0.2, -0.15) is 4.31 Å². The summed E-state index contributed by atoms with van der Waals surface area (Å²) in [5.41, 5.74) is 2.09. The number of benzene rings is 2. The van der Waals surface area contributed by atoms with E-state index in [9.17, 15) is 23.1 Å². The lowest BCUT2D eigenvalue weighted by molar-refractivity contribution is -0.132. The number of rotatable bonds is 7. The van der Waals surface area contributed by atoms with Crippen LogP contribution < -0.4 is 4.74 Å². The van der Waals surface area contributed by atoms with Gasteiger partial charge in [0.15, 0.2) is 0 Å². The summed E-state index contributed by atoms with van der Waals surface area (Å²) in [4.78, 5) is 28.1. The average molecular weight is 544 g/mol. The molecule has 2 amide bonds. The third-order valence-electron chi connectivity index (χ3n) is 7.30. The van der Waals surface area contributed by atoms with Crippen LogP contribution in [0.1, 0.15) is 37.0 Å². The van der Waals surface area contributed by atoms with Crippen LogP contribution in [-0.2, 0) is 14.8 Å². The molecule has 206 valence electrons. The lowest BCUT2D eigenvalue weighted by atomic mass is 10.0. The summed E-state index contributed by atoms with van der Waals surface area (Å²) in [7, 11) is 1.17. The molecule has 10 heteroatoms. The molecule has 1 aliphatic heterocycles. The molecule has 2 aromatic rings. The van der Waals surface area contributed by atoms with E-state index in [1.165, 1.54) is 15.3 Å². The second-order valence-corrected chi connectivity index (χ2v) is 12.5. The van der Waals surface area contributed by atoms with Crippen molar-refractivity contribution in [1.29, 1.82) is 0 Å². The molecule has 0 bridgehead atoms. The molecule has 4 rings (SSSR count). The number of likely N-dealkylation sites (N-methyl/N-ethyl adjacent to an activating group) is 1. The normalized spacial score (nSPS) is 21.8. The van der Waals surface area contributed by atoms with Gasteiger partial charge in [-0.05, 0) is 55.2 Å². The minimum Gasteiger partial charge on any atom is -0.487 e. The summed E-state index contributed by atoms with van der Waals surface area (Å²) < 4.78 is 35.2. The minimum atomic E-state index is -3.97. The Morgan fingerprint density at radius 2 is 1.71 bits per heavy atom. The molecule has 9 nitrogen and oxygen atoms in total. The van der Waals surface area contributed by atoms with E-state index in [4.69, 9.17) is 4.74 Å². The van der Waals surface area contributed by atoms with Gasteiger partial charge in [0.05, 0.1) is 13.2 Å². The van der Waals surface area contributed by atoms with Gasteiger partial charge in [0.25, 0.3) is 5.91 Å². The number of fused-ring (bicyclic) bond motifs is 1. The lowest BCUT2D eigenvalue weighted by Gasteiger charge is -2.37. The fourth-order valence-electron chi connectivity index (χ4n) is 4.69. The molecule has 0 aromatic heterocycles. The smallest absolute Gasteiger partial charge is 0.253 e. The highest BCUT2D eigenvalue weighted by Gasteiger charge is 2.39. The van der Waals surface area contributed by atoms with Crippen LogP contribution in [0.4, 0.5) is 0 Å². The molecule has 1 N–H and O–H groups in total. The van der Waals surface area contributed by atoms with Crippen molar-refractivity contribution in [2.45, 2.75) is 43.7 Å². The maximum absolute atomic E-state index is 13.7. The SMILES string of the molecule is C[C@@H]1CN([C@H](C)CO)S(=O)(=O)c2ccc(-c3ccc(C(=O)N(C)C)cc3)cc2O[C@@H]1CN(C)C(=O)C1CC1. The number of amides is 2. The Morgan fingerprint density at radius 3 is 2.29 bits per heavy atom. The molecule has 2 aromatic carbocycles. The number of nitrogens with zero attached hydrogens (tertiary/aromatic N) is 3. The second kappa shape index (κ2) is 11.0. The van der Waals surface area contributed by atoms with Crippen molar-refractivity contribution in [3.8, 4) is 16.9 Å². The molecule has 0 radical (unpaired) electrons. The quantitative estimate of drug-likeness (QED) is 0.576. The Bertz CT molecular complexity index is 1290. The van der Waals surface area contributed by atoms with Gasteiger partial charge in [0.1, 0.15) is 16.7 Å². The Balaban J connectivity index is 1.73. The predicted octanol–water partition coefficient (Wildman–Crippen LogP) is 2.69. The van der Waals surface area contributed by atoms with Crippen LogP contribution >= 0.6 is 0 Å². The zero-order chi connectivity index (χ0) is 27.8. The first-order chi connectivity index (χ1) is 17.9. The molecule has 0 spiro atoms. The first kappa shape index (κ1) is 28.1. The first-order valence-electron chi connectivity index (χ1n) is 12.9. The van der Waals surface area contributed by atoms with Crippen molar-refractivity contribution in [2.24, 2.45) is 11.8 Å². The fraction of sp³-hybridized carbons (Fsp3) is 0.500. The standard InChI is InChI=1S/C28H37N3O6S/c1-18-15-31(19(2)17-32)38(35,36)26-13-12-23(20-6-8-21(9-7-20)27(33)29(3)4)14-24(26)37-25(18)16-30(5)28(34)22-10-11-22/h6-9,12-14,18-19,22,25,32H,10-11,15-17H2,1-5H3/t18-,19-,25-/m1/s1. The monoisotopic (exact) mass is 543 g/mol. The molecule has 1 aliphatic carbocycles. The highest BCUT2D eigenvalue weighted by Crippen LogP contribution is 2.37. The van der Waals surface area contributed by atoms with Gasteiger partial charge >= 0.3 is 0 Å². The Labute approximate surface area is 225 Å². The highest BCUT2D eigenvalue weighted by molar-refractivity contribution is 7.89. The molecular weight excluding hydrogens is 506 g/mol. The zero-order valence-electron chi connectivity index (χ0n) is 22.6. The summed E-state index contributed by atoms with van der Waals surface area (Å²) in [5.74, 6) is -0.00556. The van der Waals surface area contributed by atoms with Crippen LogP contribution in [0.3, 0.4) is 0 Å². The first-order valence-corrected chi connectivity index (χ1v) is 14.4. The van der Waals surface area contributed by atoms with E-state index in [-0.39, 0.29) is 47.4 Å². The zero-order valence-corrected chi connectivity index (χ0v) is 23.4. The molecule has 0 saturated heterocycles. The van der Waals surface area contributed by atoms with E-state index in [1.54, 1.807) is 57.2 Å². The van der Waals surface area contributed by atoms with Crippen LogP contribution in [0.15, 0.2) is 47.4 Å². The number of ether oxygens (including phenoxy) is 1. The molecule has 1 heterocycles. The minimum absolute atomic E-state index is 0.0222. The van der Waals surface area contributed by atoms with Crippen LogP contribution in [0.5, 0.6) is 5.75 Å². The Kier molecular flexibility index (Phi) is 8.15. The number of carbonyl (C=O) groups excluding carboxylic acids is 2. The number of sulfonamides is 1. The van der Waals surface area contributed by atoms with Gasteiger partial charge < -0.3 is 19.6 Å². The number of aliphatic hydroxyl groups is 1. The van der Waals surface area contributed by atoms with Crippen LogP contribution in [0.25, 0.3) is 11.1 Å². The molecule has 1 saturated carbocycles. The summed E-state index contributed by atoms with van der Waals surface area (Å²) in [6, 6.07) is 11.4. The van der Waals surface area contributed by atoms with Crippen LogP contribution in [0.2, 0.25) is 0 Å². The molecule has 3 atom stereocenters. The van der Waals surface area contributed by atoms with Gasteiger partial charge in [-0.3, -0.25) is 9.59 Å². The van der Waals surface area contributed by atoms with Crippen LogP contribution in [0, 0.1) is 11.8 Å². The largest absolute Gasteiger partial charge is 0.487 e. The van der Waals surface area contributed by atoms with Crippen molar-refractivity contribution < 1.29 is 27.9 Å². The number of carbonyl (C=O) groups is 2. The number of hydrogen-bond acceptors (Lipinski definition) is 6. The molecule has 38 heavy (non-hydrogen) atoms. The maximum atomic E-state index is 13.7. The highest BCUT2D eigenvalue weighted by atomic mass is 32.2. The van der Waals surface area contributed by atoms with Gasteiger partial charge in [-0.15, -0.1) is 0 Å². The topological polar surface area (TPSA) is 107 Å². The fourth-order valence-corrected chi connectivity index (χ4v) is 6.51. The lowest BCUT2D eigenvalue weighted by Crippen LogP contribution is -2.50. The predicted molar refractivity (Wildman–Crippen MR) is 144 cm³/mol. The molecular formula is C28H37N3O6S. The second-order valence-electron chi connectivity index (χ2n) is 10.7. The summed E-state index contributed by atoms with van der Waals surface area (Å²) in [5, 5.41) is 9.84. The van der Waals surface area contributed by atoms with Gasteiger partial charge in [0, 0.05) is 51.1 Å². The summed E-state index contributed by atoms with van der Waals surface area (Å²) in [6.45, 7) is 3.74. The molecule has 0 unspecified atom stereocenters. The van der Waals surface area contributed by atoms with Crippen molar-refractivity contribution >= 4 is 21.8 Å². The number of hydrogen-bond donors (Lipinski definition) is 1. The van der Waals surface area contributed by atoms with Crippen molar-refractivity contribution in [2.75, 3.05) is 40.8 Å². The van der Waals surface area contributed by atoms with E-state index in [0.29, 0.717) is 12.1 Å². The van der Waals surface area contributed by atoms with E-state index in [0.717, 1.165) is 24.0 Å².